The van der Waals surface area contributed by atoms with E-state index in [1.54, 1.807) is 0 Å². The zero-order valence-corrected chi connectivity index (χ0v) is 12.3. The Bertz CT molecular complexity index is 335. The van der Waals surface area contributed by atoms with Crippen molar-refractivity contribution in [1.82, 2.24) is 0 Å². The van der Waals surface area contributed by atoms with Crippen LogP contribution in [0.2, 0.25) is 0 Å². The lowest BCUT2D eigenvalue weighted by Gasteiger charge is -2.46. The van der Waals surface area contributed by atoms with Crippen LogP contribution in [0.4, 0.5) is 0 Å². The number of hydrogen-bond acceptors (Lipinski definition) is 6. The molecule has 7 heteroatoms. The van der Waals surface area contributed by atoms with Crippen molar-refractivity contribution in [2.75, 3.05) is 20.8 Å². The Balaban J connectivity index is 3.06. The average molecular weight is 292 g/mol. The molecule has 1 fully saturated rings. The Kier molecular flexibility index (Phi) is 5.91. The molecule has 1 aliphatic heterocycles. The van der Waals surface area contributed by atoms with E-state index >= 15 is 0 Å². The summed E-state index contributed by atoms with van der Waals surface area (Å²) in [7, 11) is 2.66. The predicted molar refractivity (Wildman–Crippen MR) is 69.1 cm³/mol. The lowest BCUT2D eigenvalue weighted by molar-refractivity contribution is -0.305. The Labute approximate surface area is 118 Å². The van der Waals surface area contributed by atoms with Crippen molar-refractivity contribution in [2.24, 2.45) is 11.8 Å². The minimum Gasteiger partial charge on any atom is -0.477 e. The fraction of sp³-hybridized carbons (Fsp3) is 0.923. The molecule has 0 aromatic rings. The quantitative estimate of drug-likeness (QED) is 0.625. The van der Waals surface area contributed by atoms with E-state index in [-0.39, 0.29) is 18.3 Å². The molecule has 6 atom stereocenters. The number of carboxylic acid groups (broad SMARTS) is 1. The third-order valence-corrected chi connectivity index (χ3v) is 4.15. The molecule has 1 saturated heterocycles. The van der Waals surface area contributed by atoms with Gasteiger partial charge < -0.3 is 29.5 Å². The number of carbonyl (C=O) groups is 1. The lowest BCUT2D eigenvalue weighted by atomic mass is 9.79. The molecule has 7 nitrogen and oxygen atoms in total. The summed E-state index contributed by atoms with van der Waals surface area (Å²) in [5.74, 6) is -3.02. The summed E-state index contributed by atoms with van der Waals surface area (Å²) in [4.78, 5) is 11.5. The van der Waals surface area contributed by atoms with Gasteiger partial charge >= 0.3 is 5.97 Å². The third kappa shape index (κ3) is 3.12. The molecule has 1 heterocycles. The van der Waals surface area contributed by atoms with Crippen LogP contribution in [0.3, 0.4) is 0 Å². The van der Waals surface area contributed by atoms with E-state index in [2.05, 4.69) is 0 Å². The number of methoxy groups -OCH3 is 2. The van der Waals surface area contributed by atoms with E-state index in [9.17, 15) is 15.0 Å². The summed E-state index contributed by atoms with van der Waals surface area (Å²) in [6, 6.07) is 0. The van der Waals surface area contributed by atoms with Gasteiger partial charge in [0, 0.05) is 20.6 Å². The van der Waals surface area contributed by atoms with Gasteiger partial charge in [-0.2, -0.15) is 0 Å². The summed E-state index contributed by atoms with van der Waals surface area (Å²) in [6.07, 6.45) is -2.46. The van der Waals surface area contributed by atoms with E-state index < -0.39 is 36.7 Å². The van der Waals surface area contributed by atoms with Crippen LogP contribution in [0.5, 0.6) is 0 Å². The van der Waals surface area contributed by atoms with Gasteiger partial charge in [-0.15, -0.1) is 0 Å². The minimum atomic E-state index is -1.75. The molecule has 20 heavy (non-hydrogen) atoms. The molecular weight excluding hydrogens is 268 g/mol. The van der Waals surface area contributed by atoms with Gasteiger partial charge in [0.15, 0.2) is 0 Å². The topological polar surface area (TPSA) is 105 Å². The molecule has 6 unspecified atom stereocenters. The summed E-state index contributed by atoms with van der Waals surface area (Å²) < 4.78 is 15.9. The second-order valence-electron chi connectivity index (χ2n) is 5.34. The van der Waals surface area contributed by atoms with Gasteiger partial charge in [-0.05, 0) is 11.8 Å². The number of hydrogen-bond donors (Lipinski definition) is 3. The minimum absolute atomic E-state index is 0.00616. The largest absolute Gasteiger partial charge is 0.477 e. The summed E-state index contributed by atoms with van der Waals surface area (Å²) in [5, 5.41) is 28.3. The van der Waals surface area contributed by atoms with Crippen LogP contribution in [0, 0.1) is 11.8 Å². The Morgan fingerprint density at radius 2 is 2.05 bits per heavy atom. The monoisotopic (exact) mass is 292 g/mol. The first-order chi connectivity index (χ1) is 9.32. The van der Waals surface area contributed by atoms with Gasteiger partial charge in [-0.3, -0.25) is 0 Å². The molecule has 1 aliphatic rings. The number of carboxylic acids is 1. The van der Waals surface area contributed by atoms with E-state index in [4.69, 9.17) is 19.3 Å². The Morgan fingerprint density at radius 1 is 1.45 bits per heavy atom. The molecule has 0 aromatic carbocycles. The smallest absolute Gasteiger partial charge is 0.364 e. The zero-order valence-electron chi connectivity index (χ0n) is 12.3. The van der Waals surface area contributed by atoms with Crippen LogP contribution in [-0.4, -0.2) is 66.2 Å². The van der Waals surface area contributed by atoms with Crippen LogP contribution in [-0.2, 0) is 19.0 Å². The Morgan fingerprint density at radius 3 is 2.45 bits per heavy atom. The van der Waals surface area contributed by atoms with Crippen molar-refractivity contribution in [3.63, 3.8) is 0 Å². The zero-order chi connectivity index (χ0) is 15.5. The maximum absolute atomic E-state index is 11.5. The third-order valence-electron chi connectivity index (χ3n) is 4.15. The standard InChI is InChI=1S/C13H24O7/c1-7-5-13(19-4,12(16)17)20-10(8(7)2)11(18-3)9(15)6-14/h7-11,14-15H,5-6H2,1-4H3,(H,16,17). The molecule has 0 saturated carbocycles. The Hall–Kier alpha value is -0.730. The highest BCUT2D eigenvalue weighted by Crippen LogP contribution is 2.39. The molecule has 0 spiro atoms. The molecule has 0 aliphatic carbocycles. The van der Waals surface area contributed by atoms with Crippen LogP contribution in [0.1, 0.15) is 20.3 Å². The van der Waals surface area contributed by atoms with E-state index in [0.717, 1.165) is 0 Å². The van der Waals surface area contributed by atoms with Gasteiger partial charge in [0.25, 0.3) is 5.79 Å². The molecule has 0 radical (unpaired) electrons. The summed E-state index contributed by atoms with van der Waals surface area (Å²) >= 11 is 0. The fourth-order valence-electron chi connectivity index (χ4n) is 2.65. The first kappa shape index (κ1) is 17.3. The maximum atomic E-state index is 11.5. The molecule has 0 aromatic heterocycles. The van der Waals surface area contributed by atoms with Crippen molar-refractivity contribution < 1.29 is 34.3 Å². The van der Waals surface area contributed by atoms with Gasteiger partial charge in [0.1, 0.15) is 12.2 Å². The van der Waals surface area contributed by atoms with Crippen molar-refractivity contribution >= 4 is 5.97 Å². The molecule has 3 N–H and O–H groups in total. The number of aliphatic hydroxyl groups is 2. The van der Waals surface area contributed by atoms with Crippen molar-refractivity contribution in [3.8, 4) is 0 Å². The van der Waals surface area contributed by atoms with Crippen LogP contribution in [0.15, 0.2) is 0 Å². The highest BCUT2D eigenvalue weighted by Gasteiger charge is 2.52. The molecule has 118 valence electrons. The van der Waals surface area contributed by atoms with Crippen LogP contribution in [0.25, 0.3) is 0 Å². The SMILES string of the molecule is COC(C(O)CO)C1OC(OC)(C(=O)O)CC(C)C1C. The van der Waals surface area contributed by atoms with Gasteiger partial charge in [-0.1, -0.05) is 13.8 Å². The van der Waals surface area contributed by atoms with Gasteiger partial charge in [0.05, 0.1) is 12.7 Å². The first-order valence-corrected chi connectivity index (χ1v) is 6.61. The maximum Gasteiger partial charge on any atom is 0.364 e. The normalized spacial score (nSPS) is 37.4. The van der Waals surface area contributed by atoms with Crippen LogP contribution < -0.4 is 0 Å². The van der Waals surface area contributed by atoms with Crippen molar-refractivity contribution in [2.45, 2.75) is 44.4 Å². The molecule has 0 amide bonds. The summed E-state index contributed by atoms with van der Waals surface area (Å²) in [5.41, 5.74) is 0. The van der Waals surface area contributed by atoms with E-state index in [1.165, 1.54) is 14.2 Å². The van der Waals surface area contributed by atoms with Gasteiger partial charge in [-0.25, -0.2) is 4.79 Å². The summed E-state index contributed by atoms with van der Waals surface area (Å²) in [6.45, 7) is 3.30. The molecule has 0 bridgehead atoms. The van der Waals surface area contributed by atoms with E-state index in [1.807, 2.05) is 13.8 Å². The fourth-order valence-corrected chi connectivity index (χ4v) is 2.65. The second-order valence-corrected chi connectivity index (χ2v) is 5.34. The predicted octanol–water partition coefficient (Wildman–Crippen LogP) is -0.157. The lowest BCUT2D eigenvalue weighted by Crippen LogP contribution is -2.59. The average Bonchev–Trinajstić information content (AvgIpc) is 2.43. The number of aliphatic hydroxyl groups excluding tert-OH is 2. The number of rotatable bonds is 6. The number of ether oxygens (including phenoxy) is 3. The van der Waals surface area contributed by atoms with E-state index in [0.29, 0.717) is 0 Å². The van der Waals surface area contributed by atoms with Crippen molar-refractivity contribution in [3.05, 3.63) is 0 Å². The first-order valence-electron chi connectivity index (χ1n) is 6.61. The van der Waals surface area contributed by atoms with Crippen LogP contribution >= 0.6 is 0 Å². The highest BCUT2D eigenvalue weighted by molar-refractivity contribution is 5.75. The highest BCUT2D eigenvalue weighted by atomic mass is 16.7. The van der Waals surface area contributed by atoms with Crippen molar-refractivity contribution in [1.29, 1.82) is 0 Å². The molecule has 1 rings (SSSR count). The number of aliphatic carboxylic acids is 1. The van der Waals surface area contributed by atoms with Gasteiger partial charge in [0.2, 0.25) is 0 Å². The molecular formula is C13H24O7. The second kappa shape index (κ2) is 6.82.